The molecule has 0 saturated heterocycles. The summed E-state index contributed by atoms with van der Waals surface area (Å²) in [5.74, 6) is 0.760. The van der Waals surface area contributed by atoms with Crippen molar-refractivity contribution in [2.45, 2.75) is 19.4 Å². The Hall–Kier alpha value is -1.32. The highest BCUT2D eigenvalue weighted by Gasteiger charge is 2.28. The maximum absolute atomic E-state index is 10.7. The standard InChI is InChI=1S/C14H16O2S/c1-10-13(7-8-17-10)14(2,15)11-5-4-6-12(9-11)16-3/h4-9,15H,1-3H3. The third kappa shape index (κ3) is 2.21. The summed E-state index contributed by atoms with van der Waals surface area (Å²) in [6.07, 6.45) is 0. The van der Waals surface area contributed by atoms with Crippen molar-refractivity contribution in [2.24, 2.45) is 0 Å². The second-order valence-electron chi connectivity index (χ2n) is 4.19. The van der Waals surface area contributed by atoms with E-state index in [1.54, 1.807) is 18.4 Å². The average molecular weight is 248 g/mol. The minimum atomic E-state index is -0.974. The molecule has 1 unspecified atom stereocenters. The van der Waals surface area contributed by atoms with Crippen molar-refractivity contribution < 1.29 is 9.84 Å². The van der Waals surface area contributed by atoms with Gasteiger partial charge in [-0.2, -0.15) is 0 Å². The van der Waals surface area contributed by atoms with Crippen molar-refractivity contribution in [3.05, 3.63) is 51.7 Å². The predicted molar refractivity (Wildman–Crippen MR) is 70.7 cm³/mol. The minimum Gasteiger partial charge on any atom is -0.497 e. The molecule has 1 atom stereocenters. The first-order chi connectivity index (χ1) is 8.05. The number of hydrogen-bond donors (Lipinski definition) is 1. The molecule has 2 rings (SSSR count). The van der Waals surface area contributed by atoms with Crippen LogP contribution in [0.1, 0.15) is 22.9 Å². The molecular weight excluding hydrogens is 232 g/mol. The molecule has 3 heteroatoms. The van der Waals surface area contributed by atoms with Crippen LogP contribution in [0, 0.1) is 6.92 Å². The zero-order chi connectivity index (χ0) is 12.5. The van der Waals surface area contributed by atoms with Gasteiger partial charge in [0.25, 0.3) is 0 Å². The lowest BCUT2D eigenvalue weighted by Gasteiger charge is -2.24. The monoisotopic (exact) mass is 248 g/mol. The van der Waals surface area contributed by atoms with Crippen LogP contribution in [0.4, 0.5) is 0 Å². The number of thiophene rings is 1. The van der Waals surface area contributed by atoms with Crippen molar-refractivity contribution in [1.29, 1.82) is 0 Å². The van der Waals surface area contributed by atoms with Gasteiger partial charge in [0.05, 0.1) is 7.11 Å². The molecule has 0 fully saturated rings. The van der Waals surface area contributed by atoms with E-state index in [0.717, 1.165) is 21.8 Å². The summed E-state index contributed by atoms with van der Waals surface area (Å²) in [7, 11) is 1.63. The molecule has 17 heavy (non-hydrogen) atoms. The van der Waals surface area contributed by atoms with E-state index in [1.807, 2.05) is 49.6 Å². The predicted octanol–water partition coefficient (Wildman–Crippen LogP) is 3.32. The molecular formula is C14H16O2S. The molecule has 90 valence electrons. The molecule has 0 aliphatic rings. The number of methoxy groups -OCH3 is 1. The first-order valence-electron chi connectivity index (χ1n) is 5.47. The van der Waals surface area contributed by atoms with Crippen LogP contribution in [0.25, 0.3) is 0 Å². The van der Waals surface area contributed by atoms with Gasteiger partial charge in [0.2, 0.25) is 0 Å². The lowest BCUT2D eigenvalue weighted by atomic mass is 9.88. The molecule has 1 N–H and O–H groups in total. The second-order valence-corrected chi connectivity index (χ2v) is 5.31. The summed E-state index contributed by atoms with van der Waals surface area (Å²) in [6.45, 7) is 3.84. The molecule has 2 aromatic rings. The maximum atomic E-state index is 10.7. The molecule has 0 saturated carbocycles. The summed E-state index contributed by atoms with van der Waals surface area (Å²) < 4.78 is 5.19. The largest absolute Gasteiger partial charge is 0.497 e. The number of aliphatic hydroxyl groups is 1. The summed E-state index contributed by atoms with van der Waals surface area (Å²) in [5, 5.41) is 12.7. The smallest absolute Gasteiger partial charge is 0.119 e. The molecule has 0 aliphatic carbocycles. The lowest BCUT2D eigenvalue weighted by molar-refractivity contribution is 0.102. The van der Waals surface area contributed by atoms with E-state index in [1.165, 1.54) is 0 Å². The third-order valence-electron chi connectivity index (χ3n) is 3.02. The molecule has 1 aromatic heterocycles. The van der Waals surface area contributed by atoms with Crippen LogP contribution < -0.4 is 4.74 Å². The third-order valence-corrected chi connectivity index (χ3v) is 3.86. The number of aryl methyl sites for hydroxylation is 1. The highest BCUT2D eigenvalue weighted by Crippen LogP contribution is 2.34. The Kier molecular flexibility index (Phi) is 3.22. The van der Waals surface area contributed by atoms with Gasteiger partial charge in [0, 0.05) is 10.4 Å². The Morgan fingerprint density at radius 2 is 2.06 bits per heavy atom. The first-order valence-corrected chi connectivity index (χ1v) is 6.35. The van der Waals surface area contributed by atoms with Crippen LogP contribution in [0.3, 0.4) is 0 Å². The van der Waals surface area contributed by atoms with Crippen molar-refractivity contribution >= 4 is 11.3 Å². The van der Waals surface area contributed by atoms with Crippen LogP contribution in [0.15, 0.2) is 35.7 Å². The second kappa shape index (κ2) is 4.51. The van der Waals surface area contributed by atoms with Crippen molar-refractivity contribution in [2.75, 3.05) is 7.11 Å². The number of hydrogen-bond acceptors (Lipinski definition) is 3. The normalized spacial score (nSPS) is 14.4. The van der Waals surface area contributed by atoms with Crippen LogP contribution in [-0.4, -0.2) is 12.2 Å². The highest BCUT2D eigenvalue weighted by atomic mass is 32.1. The zero-order valence-electron chi connectivity index (χ0n) is 10.2. The van der Waals surface area contributed by atoms with Crippen LogP contribution in [-0.2, 0) is 5.60 Å². The molecule has 2 nitrogen and oxygen atoms in total. The van der Waals surface area contributed by atoms with E-state index in [0.29, 0.717) is 0 Å². The van der Waals surface area contributed by atoms with Gasteiger partial charge >= 0.3 is 0 Å². The van der Waals surface area contributed by atoms with Crippen molar-refractivity contribution in [1.82, 2.24) is 0 Å². The molecule has 1 aromatic carbocycles. The van der Waals surface area contributed by atoms with Gasteiger partial charge < -0.3 is 9.84 Å². The van der Waals surface area contributed by atoms with Crippen molar-refractivity contribution in [3.8, 4) is 5.75 Å². The fourth-order valence-electron chi connectivity index (χ4n) is 1.97. The molecule has 0 aliphatic heterocycles. The summed E-state index contributed by atoms with van der Waals surface area (Å²) in [6, 6.07) is 9.53. The number of ether oxygens (including phenoxy) is 1. The number of benzene rings is 1. The van der Waals surface area contributed by atoms with Gasteiger partial charge in [-0.3, -0.25) is 0 Å². The molecule has 0 radical (unpaired) electrons. The Labute approximate surface area is 105 Å². The Balaban J connectivity index is 2.47. The van der Waals surface area contributed by atoms with Gasteiger partial charge in [-0.05, 0) is 43.0 Å². The van der Waals surface area contributed by atoms with E-state index in [9.17, 15) is 5.11 Å². The minimum absolute atomic E-state index is 0.760. The molecule has 0 bridgehead atoms. The maximum Gasteiger partial charge on any atom is 0.119 e. The van der Waals surface area contributed by atoms with Gasteiger partial charge in [-0.1, -0.05) is 12.1 Å². The van der Waals surface area contributed by atoms with Gasteiger partial charge in [0.1, 0.15) is 11.4 Å². The lowest BCUT2D eigenvalue weighted by Crippen LogP contribution is -2.22. The van der Waals surface area contributed by atoms with Gasteiger partial charge in [0.15, 0.2) is 0 Å². The van der Waals surface area contributed by atoms with Gasteiger partial charge in [-0.25, -0.2) is 0 Å². The number of rotatable bonds is 3. The molecule has 0 amide bonds. The SMILES string of the molecule is COc1cccc(C(C)(O)c2ccsc2C)c1. The Bertz CT molecular complexity index is 514. The average Bonchev–Trinajstić information content (AvgIpc) is 2.76. The summed E-state index contributed by atoms with van der Waals surface area (Å²) >= 11 is 1.64. The molecule has 1 heterocycles. The van der Waals surface area contributed by atoms with Crippen LogP contribution in [0.2, 0.25) is 0 Å². The first kappa shape index (κ1) is 12.1. The van der Waals surface area contributed by atoms with Crippen LogP contribution >= 0.6 is 11.3 Å². The summed E-state index contributed by atoms with van der Waals surface area (Å²) in [5.41, 5.74) is 0.827. The highest BCUT2D eigenvalue weighted by molar-refractivity contribution is 7.10. The Morgan fingerprint density at radius 3 is 2.65 bits per heavy atom. The van der Waals surface area contributed by atoms with E-state index in [4.69, 9.17) is 4.74 Å². The fraction of sp³-hybridized carbons (Fsp3) is 0.286. The topological polar surface area (TPSA) is 29.5 Å². The van der Waals surface area contributed by atoms with E-state index in [-0.39, 0.29) is 0 Å². The zero-order valence-corrected chi connectivity index (χ0v) is 11.0. The van der Waals surface area contributed by atoms with Crippen LogP contribution in [0.5, 0.6) is 5.75 Å². The quantitative estimate of drug-likeness (QED) is 0.903. The molecule has 0 spiro atoms. The Morgan fingerprint density at radius 1 is 1.29 bits per heavy atom. The van der Waals surface area contributed by atoms with E-state index < -0.39 is 5.60 Å². The summed E-state index contributed by atoms with van der Waals surface area (Å²) in [4.78, 5) is 1.14. The van der Waals surface area contributed by atoms with Crippen molar-refractivity contribution in [3.63, 3.8) is 0 Å². The van der Waals surface area contributed by atoms with E-state index >= 15 is 0 Å². The van der Waals surface area contributed by atoms with E-state index in [2.05, 4.69) is 0 Å². The van der Waals surface area contributed by atoms with Gasteiger partial charge in [-0.15, -0.1) is 11.3 Å². The fourth-order valence-corrected chi connectivity index (χ4v) is 2.77.